The standard InChI is InChI=1S/C27H36N6O2/c1-31-11-6-12-33(16-15-31)27-29-23-18-24(34)25(35-2)17-22(23)26(30-27)28-21-9-13-32(14-10-21)19-20-7-4-3-5-8-20/h3-5,7-8,17-18,21,34H,6,9-16,19H2,1-2H3,(H,28,29,30). The predicted molar refractivity (Wildman–Crippen MR) is 140 cm³/mol. The molecular weight excluding hydrogens is 440 g/mol. The first-order valence-electron chi connectivity index (χ1n) is 12.6. The van der Waals surface area contributed by atoms with Gasteiger partial charge in [0.25, 0.3) is 0 Å². The van der Waals surface area contributed by atoms with Gasteiger partial charge in [-0.2, -0.15) is 4.98 Å². The summed E-state index contributed by atoms with van der Waals surface area (Å²) in [5.74, 6) is 2.08. The number of nitrogens with zero attached hydrogens (tertiary/aromatic N) is 5. The zero-order valence-electron chi connectivity index (χ0n) is 20.8. The Hall–Kier alpha value is -3.10. The van der Waals surface area contributed by atoms with E-state index < -0.39 is 0 Å². The average molecular weight is 477 g/mol. The number of aromatic nitrogens is 2. The summed E-state index contributed by atoms with van der Waals surface area (Å²) >= 11 is 0. The summed E-state index contributed by atoms with van der Waals surface area (Å²) < 4.78 is 5.39. The molecule has 2 aliphatic heterocycles. The molecule has 8 heteroatoms. The molecule has 186 valence electrons. The number of likely N-dealkylation sites (N-methyl/N-ethyl adjacent to an activating group) is 1. The first kappa shape index (κ1) is 23.6. The van der Waals surface area contributed by atoms with Crippen LogP contribution in [0.1, 0.15) is 24.8 Å². The number of phenolic OH excluding ortho intramolecular Hbond substituents is 1. The number of methoxy groups -OCH3 is 1. The van der Waals surface area contributed by atoms with Crippen molar-refractivity contribution in [1.29, 1.82) is 0 Å². The van der Waals surface area contributed by atoms with E-state index in [1.807, 2.05) is 6.07 Å². The van der Waals surface area contributed by atoms with Gasteiger partial charge in [0.1, 0.15) is 5.82 Å². The van der Waals surface area contributed by atoms with Crippen molar-refractivity contribution < 1.29 is 9.84 Å². The van der Waals surface area contributed by atoms with Gasteiger partial charge in [-0.05, 0) is 44.5 Å². The molecule has 2 saturated heterocycles. The van der Waals surface area contributed by atoms with Crippen LogP contribution in [0, 0.1) is 0 Å². The van der Waals surface area contributed by atoms with Gasteiger partial charge in [-0.1, -0.05) is 30.3 Å². The molecule has 2 aliphatic rings. The molecule has 2 N–H and O–H groups in total. The maximum Gasteiger partial charge on any atom is 0.227 e. The highest BCUT2D eigenvalue weighted by Gasteiger charge is 2.23. The van der Waals surface area contributed by atoms with Gasteiger partial charge in [0.15, 0.2) is 11.5 Å². The fourth-order valence-electron chi connectivity index (χ4n) is 5.06. The molecule has 0 aliphatic carbocycles. The lowest BCUT2D eigenvalue weighted by Crippen LogP contribution is -2.39. The molecule has 1 aromatic heterocycles. The second kappa shape index (κ2) is 10.7. The van der Waals surface area contributed by atoms with Gasteiger partial charge >= 0.3 is 0 Å². The number of rotatable bonds is 6. The van der Waals surface area contributed by atoms with Crippen LogP contribution in [0.4, 0.5) is 11.8 Å². The van der Waals surface area contributed by atoms with E-state index in [9.17, 15) is 5.11 Å². The van der Waals surface area contributed by atoms with E-state index in [0.717, 1.165) is 87.7 Å². The van der Waals surface area contributed by atoms with Crippen LogP contribution >= 0.6 is 0 Å². The number of phenols is 1. The second-order valence-corrected chi connectivity index (χ2v) is 9.74. The zero-order valence-corrected chi connectivity index (χ0v) is 20.8. The monoisotopic (exact) mass is 476 g/mol. The van der Waals surface area contributed by atoms with Crippen LogP contribution in [-0.2, 0) is 6.54 Å². The zero-order chi connectivity index (χ0) is 24.2. The minimum absolute atomic E-state index is 0.0976. The Morgan fingerprint density at radius 3 is 2.57 bits per heavy atom. The molecule has 8 nitrogen and oxygen atoms in total. The predicted octanol–water partition coefficient (Wildman–Crippen LogP) is 3.56. The van der Waals surface area contributed by atoms with Crippen LogP contribution in [-0.4, -0.2) is 84.3 Å². The third-order valence-corrected chi connectivity index (χ3v) is 7.16. The molecule has 0 radical (unpaired) electrons. The Morgan fingerprint density at radius 2 is 1.80 bits per heavy atom. The number of fused-ring (bicyclic) bond motifs is 1. The van der Waals surface area contributed by atoms with Crippen LogP contribution in [0.3, 0.4) is 0 Å². The van der Waals surface area contributed by atoms with Gasteiger partial charge in [0.05, 0.1) is 12.6 Å². The first-order chi connectivity index (χ1) is 17.1. The lowest BCUT2D eigenvalue weighted by molar-refractivity contribution is 0.211. The summed E-state index contributed by atoms with van der Waals surface area (Å²) in [6, 6.07) is 14.5. The fraction of sp³-hybridized carbons (Fsp3) is 0.481. The number of aromatic hydroxyl groups is 1. The van der Waals surface area contributed by atoms with Gasteiger partial charge in [-0.15, -0.1) is 0 Å². The summed E-state index contributed by atoms with van der Waals surface area (Å²) in [5, 5.41) is 15.0. The van der Waals surface area contributed by atoms with Gasteiger partial charge in [-0.3, -0.25) is 4.90 Å². The molecule has 0 bridgehead atoms. The second-order valence-electron chi connectivity index (χ2n) is 9.74. The Kier molecular flexibility index (Phi) is 7.20. The number of hydrogen-bond acceptors (Lipinski definition) is 8. The SMILES string of the molecule is COc1cc2c(NC3CCN(Cc4ccccc4)CC3)nc(N3CCCN(C)CC3)nc2cc1O. The minimum Gasteiger partial charge on any atom is -0.504 e. The number of hydrogen-bond donors (Lipinski definition) is 2. The summed E-state index contributed by atoms with van der Waals surface area (Å²) in [5.41, 5.74) is 2.09. The van der Waals surface area contributed by atoms with Gasteiger partial charge in [0.2, 0.25) is 5.95 Å². The fourth-order valence-corrected chi connectivity index (χ4v) is 5.06. The summed E-state index contributed by atoms with van der Waals surface area (Å²) in [7, 11) is 3.73. The lowest BCUT2D eigenvalue weighted by atomic mass is 10.0. The number of anilines is 2. The van der Waals surface area contributed by atoms with Crippen LogP contribution in [0.25, 0.3) is 10.9 Å². The van der Waals surface area contributed by atoms with Crippen LogP contribution in [0.15, 0.2) is 42.5 Å². The highest BCUT2D eigenvalue weighted by Crippen LogP contribution is 2.35. The van der Waals surface area contributed by atoms with Crippen molar-refractivity contribution in [2.24, 2.45) is 0 Å². The van der Waals surface area contributed by atoms with Crippen molar-refractivity contribution in [2.75, 3.05) is 63.6 Å². The normalized spacial score (nSPS) is 18.5. The lowest BCUT2D eigenvalue weighted by Gasteiger charge is -2.33. The quantitative estimate of drug-likeness (QED) is 0.559. The molecule has 2 fully saturated rings. The molecule has 35 heavy (non-hydrogen) atoms. The van der Waals surface area contributed by atoms with Crippen molar-refractivity contribution in [2.45, 2.75) is 31.8 Å². The average Bonchev–Trinajstić information content (AvgIpc) is 3.09. The van der Waals surface area contributed by atoms with E-state index in [4.69, 9.17) is 14.7 Å². The van der Waals surface area contributed by atoms with Gasteiger partial charge < -0.3 is 25.0 Å². The van der Waals surface area contributed by atoms with Crippen molar-refractivity contribution in [3.05, 3.63) is 48.0 Å². The topological polar surface area (TPSA) is 77.0 Å². The maximum atomic E-state index is 10.4. The Balaban J connectivity index is 1.36. The van der Waals surface area contributed by atoms with E-state index in [0.29, 0.717) is 11.8 Å². The maximum absolute atomic E-state index is 10.4. The Labute approximate surface area is 207 Å². The molecule has 2 aromatic carbocycles. The van der Waals surface area contributed by atoms with E-state index in [2.05, 4.69) is 57.4 Å². The molecule has 0 saturated carbocycles. The van der Waals surface area contributed by atoms with Crippen molar-refractivity contribution in [1.82, 2.24) is 19.8 Å². The molecule has 0 spiro atoms. The van der Waals surface area contributed by atoms with Crippen molar-refractivity contribution in [3.63, 3.8) is 0 Å². The summed E-state index contributed by atoms with van der Waals surface area (Å²) in [6.45, 7) is 6.97. The van der Waals surface area contributed by atoms with E-state index in [-0.39, 0.29) is 5.75 Å². The Bertz CT molecular complexity index is 1130. The Morgan fingerprint density at radius 1 is 1.00 bits per heavy atom. The van der Waals surface area contributed by atoms with Crippen LogP contribution < -0.4 is 15.0 Å². The number of likely N-dealkylation sites (tertiary alicyclic amines) is 1. The molecule has 3 aromatic rings. The van der Waals surface area contributed by atoms with Gasteiger partial charge in [0, 0.05) is 56.8 Å². The smallest absolute Gasteiger partial charge is 0.227 e. The third kappa shape index (κ3) is 5.60. The molecule has 5 rings (SSSR count). The number of piperidine rings is 1. The van der Waals surface area contributed by atoms with Crippen molar-refractivity contribution in [3.8, 4) is 11.5 Å². The molecular formula is C27H36N6O2. The highest BCUT2D eigenvalue weighted by atomic mass is 16.5. The van der Waals surface area contributed by atoms with E-state index in [1.54, 1.807) is 13.2 Å². The van der Waals surface area contributed by atoms with E-state index >= 15 is 0 Å². The van der Waals surface area contributed by atoms with Crippen molar-refractivity contribution >= 4 is 22.7 Å². The largest absolute Gasteiger partial charge is 0.504 e. The molecule has 3 heterocycles. The molecule has 0 unspecified atom stereocenters. The van der Waals surface area contributed by atoms with Crippen LogP contribution in [0.2, 0.25) is 0 Å². The summed E-state index contributed by atoms with van der Waals surface area (Å²) in [6.07, 6.45) is 3.18. The number of benzene rings is 2. The van der Waals surface area contributed by atoms with Gasteiger partial charge in [-0.25, -0.2) is 4.98 Å². The molecule has 0 atom stereocenters. The third-order valence-electron chi connectivity index (χ3n) is 7.16. The minimum atomic E-state index is 0.0976. The first-order valence-corrected chi connectivity index (χ1v) is 12.6. The molecule has 0 amide bonds. The van der Waals surface area contributed by atoms with Crippen LogP contribution in [0.5, 0.6) is 11.5 Å². The summed E-state index contributed by atoms with van der Waals surface area (Å²) in [4.78, 5) is 17.0. The number of nitrogens with one attached hydrogen (secondary N) is 1. The van der Waals surface area contributed by atoms with E-state index in [1.165, 1.54) is 5.56 Å². The number of ether oxygens (including phenoxy) is 1. The highest BCUT2D eigenvalue weighted by molar-refractivity contribution is 5.92.